The summed E-state index contributed by atoms with van der Waals surface area (Å²) < 4.78 is 0. The molecule has 0 amide bonds. The van der Waals surface area contributed by atoms with Crippen LogP contribution in [-0.4, -0.2) is 13.1 Å². The molecule has 0 saturated carbocycles. The van der Waals surface area contributed by atoms with Crippen molar-refractivity contribution in [3.05, 3.63) is 49.3 Å². The minimum Gasteiger partial charge on any atom is -0.367 e. The molecule has 2 unspecified atom stereocenters. The predicted octanol–water partition coefficient (Wildman–Crippen LogP) is 3.36. The van der Waals surface area contributed by atoms with Crippen molar-refractivity contribution in [2.45, 2.75) is 41.0 Å². The minimum absolute atomic E-state index is 0.307. The van der Waals surface area contributed by atoms with Gasteiger partial charge in [-0.15, -0.1) is 0 Å². The summed E-state index contributed by atoms with van der Waals surface area (Å²) in [6, 6.07) is 4.16. The Morgan fingerprint density at radius 3 is 2.04 bits per heavy atom. The van der Waals surface area contributed by atoms with Gasteiger partial charge in [0.25, 0.3) is 0 Å². The van der Waals surface area contributed by atoms with Gasteiger partial charge < -0.3 is 4.90 Å². The lowest BCUT2D eigenvalue weighted by molar-refractivity contribution is 0.356. The van der Waals surface area contributed by atoms with Gasteiger partial charge in [-0.25, -0.2) is 0 Å². The maximum Gasteiger partial charge on any atom is 0.250 e. The van der Waals surface area contributed by atoms with Crippen molar-refractivity contribution >= 4 is 5.69 Å². The molecule has 0 bridgehead atoms. The van der Waals surface area contributed by atoms with E-state index in [-0.39, 0.29) is 10.9 Å². The van der Waals surface area contributed by atoms with E-state index in [1.165, 1.54) is 12.0 Å². The summed E-state index contributed by atoms with van der Waals surface area (Å²) in [5.74, 6) is 1.11. The second-order valence-corrected chi connectivity index (χ2v) is 7.48. The van der Waals surface area contributed by atoms with Gasteiger partial charge in [0.1, 0.15) is 5.69 Å². The zero-order valence-electron chi connectivity index (χ0n) is 14.7. The van der Waals surface area contributed by atoms with Gasteiger partial charge in [0, 0.05) is 13.1 Å². The van der Waals surface area contributed by atoms with Gasteiger partial charge in [0.05, 0.1) is 5.56 Å². The molecule has 3 rings (SSSR count). The lowest BCUT2D eigenvalue weighted by atomic mass is 9.87. The van der Waals surface area contributed by atoms with Crippen LogP contribution in [0.4, 0.5) is 5.69 Å². The molecule has 2 atom stereocenters. The molecule has 1 aliphatic rings. The Kier molecular flexibility index (Phi) is 3.91. The molecule has 122 valence electrons. The Hall–Kier alpha value is -1.90. The maximum atomic E-state index is 12.3. The summed E-state index contributed by atoms with van der Waals surface area (Å²) in [7, 11) is 0. The van der Waals surface area contributed by atoms with E-state index in [4.69, 9.17) is 0 Å². The fourth-order valence-corrected chi connectivity index (χ4v) is 4.01. The van der Waals surface area contributed by atoms with Crippen LogP contribution in [0.3, 0.4) is 0 Å². The van der Waals surface area contributed by atoms with Crippen LogP contribution < -0.4 is 15.8 Å². The fourth-order valence-electron chi connectivity index (χ4n) is 4.01. The molecule has 0 aromatic heterocycles. The Bertz CT molecular complexity index is 817. The van der Waals surface area contributed by atoms with Crippen molar-refractivity contribution in [1.82, 2.24) is 0 Å². The number of piperidine rings is 1. The van der Waals surface area contributed by atoms with E-state index in [1.807, 2.05) is 6.92 Å². The van der Waals surface area contributed by atoms with Crippen LogP contribution in [0.5, 0.6) is 0 Å². The van der Waals surface area contributed by atoms with E-state index >= 15 is 0 Å². The molecule has 1 heterocycles. The fraction of sp³-hybridized carbons (Fsp3) is 0.500. The first-order chi connectivity index (χ1) is 10.8. The van der Waals surface area contributed by atoms with Crippen LogP contribution in [0, 0.1) is 32.6 Å². The van der Waals surface area contributed by atoms with Crippen LogP contribution in [0.1, 0.15) is 37.0 Å². The van der Waals surface area contributed by atoms with Crippen LogP contribution >= 0.6 is 0 Å². The second-order valence-electron chi connectivity index (χ2n) is 7.48. The van der Waals surface area contributed by atoms with E-state index in [1.54, 1.807) is 0 Å². The standard InChI is InChI=1S/C20H25NO2/c1-11-6-12(2)10-21(9-11)18-17(19(22)20(18)23)16-8-14(4)13(3)7-15(16)5/h7-8,11-12H,6,9-10H2,1-5H3. The molecule has 0 N–H and O–H groups in total. The molecule has 0 spiro atoms. The second kappa shape index (κ2) is 5.63. The number of aryl methyl sites for hydroxylation is 3. The van der Waals surface area contributed by atoms with Gasteiger partial charge in [-0.2, -0.15) is 0 Å². The van der Waals surface area contributed by atoms with E-state index in [0.717, 1.165) is 29.8 Å². The minimum atomic E-state index is -0.322. The van der Waals surface area contributed by atoms with Gasteiger partial charge in [-0.05, 0) is 61.3 Å². The molecule has 3 nitrogen and oxygen atoms in total. The van der Waals surface area contributed by atoms with Crippen LogP contribution in [0.2, 0.25) is 0 Å². The molecule has 0 aliphatic carbocycles. The van der Waals surface area contributed by atoms with Crippen LogP contribution in [0.15, 0.2) is 21.7 Å². The monoisotopic (exact) mass is 311 g/mol. The summed E-state index contributed by atoms with van der Waals surface area (Å²) in [5, 5.41) is 0. The zero-order valence-corrected chi connectivity index (χ0v) is 14.7. The van der Waals surface area contributed by atoms with E-state index in [9.17, 15) is 9.59 Å². The molecular formula is C20H25NO2. The highest BCUT2D eigenvalue weighted by atomic mass is 16.2. The van der Waals surface area contributed by atoms with Gasteiger partial charge in [0.2, 0.25) is 10.9 Å². The van der Waals surface area contributed by atoms with Crippen molar-refractivity contribution in [1.29, 1.82) is 0 Å². The number of nitrogens with zero attached hydrogens (tertiary/aromatic N) is 1. The molecule has 2 aromatic rings. The van der Waals surface area contributed by atoms with Gasteiger partial charge in [-0.3, -0.25) is 9.59 Å². The molecule has 2 aromatic carbocycles. The van der Waals surface area contributed by atoms with Crippen molar-refractivity contribution in [3.8, 4) is 11.1 Å². The molecule has 1 aliphatic heterocycles. The Balaban J connectivity index is 2.10. The van der Waals surface area contributed by atoms with Gasteiger partial charge in [-0.1, -0.05) is 26.0 Å². The SMILES string of the molecule is Cc1cc(C)c(-c2c(N3CC(C)CC(C)C3)c(=O)c2=O)cc1C. The summed E-state index contributed by atoms with van der Waals surface area (Å²) in [6.07, 6.45) is 1.18. The molecular weight excluding hydrogens is 286 g/mol. The largest absolute Gasteiger partial charge is 0.367 e. The lowest BCUT2D eigenvalue weighted by Crippen LogP contribution is -2.47. The first-order valence-electron chi connectivity index (χ1n) is 8.46. The summed E-state index contributed by atoms with van der Waals surface area (Å²) in [5.41, 5.74) is 5.03. The van der Waals surface area contributed by atoms with Crippen LogP contribution in [0.25, 0.3) is 11.1 Å². The van der Waals surface area contributed by atoms with Crippen LogP contribution in [-0.2, 0) is 0 Å². The average molecular weight is 311 g/mol. The third-order valence-corrected chi connectivity index (χ3v) is 5.18. The summed E-state index contributed by atoms with van der Waals surface area (Å²) >= 11 is 0. The Labute approximate surface area is 137 Å². The topological polar surface area (TPSA) is 37.4 Å². The van der Waals surface area contributed by atoms with E-state index in [2.05, 4.69) is 44.7 Å². The van der Waals surface area contributed by atoms with Crippen molar-refractivity contribution < 1.29 is 0 Å². The summed E-state index contributed by atoms with van der Waals surface area (Å²) in [6.45, 7) is 12.3. The van der Waals surface area contributed by atoms with E-state index in [0.29, 0.717) is 23.1 Å². The van der Waals surface area contributed by atoms with Crippen molar-refractivity contribution in [2.24, 2.45) is 11.8 Å². The lowest BCUT2D eigenvalue weighted by Gasteiger charge is -2.37. The molecule has 1 fully saturated rings. The molecule has 23 heavy (non-hydrogen) atoms. The number of benzene rings is 1. The quantitative estimate of drug-likeness (QED) is 0.798. The molecule has 0 radical (unpaired) electrons. The Morgan fingerprint density at radius 2 is 1.43 bits per heavy atom. The average Bonchev–Trinajstić information content (AvgIpc) is 2.47. The Morgan fingerprint density at radius 1 is 0.870 bits per heavy atom. The normalized spacial score (nSPS) is 21.9. The number of rotatable bonds is 2. The first kappa shape index (κ1) is 16.0. The van der Waals surface area contributed by atoms with Crippen molar-refractivity contribution in [3.63, 3.8) is 0 Å². The van der Waals surface area contributed by atoms with E-state index < -0.39 is 0 Å². The summed E-state index contributed by atoms with van der Waals surface area (Å²) in [4.78, 5) is 26.7. The number of anilines is 1. The highest BCUT2D eigenvalue weighted by molar-refractivity contribution is 5.85. The molecule has 3 heteroatoms. The number of hydrogen-bond acceptors (Lipinski definition) is 3. The zero-order chi connectivity index (χ0) is 16.9. The predicted molar refractivity (Wildman–Crippen MR) is 96.2 cm³/mol. The first-order valence-corrected chi connectivity index (χ1v) is 8.46. The maximum absolute atomic E-state index is 12.3. The highest BCUT2D eigenvalue weighted by Gasteiger charge is 2.31. The highest BCUT2D eigenvalue weighted by Crippen LogP contribution is 2.34. The third kappa shape index (κ3) is 2.62. The molecule has 1 saturated heterocycles. The third-order valence-electron chi connectivity index (χ3n) is 5.18. The van der Waals surface area contributed by atoms with Crippen molar-refractivity contribution in [2.75, 3.05) is 18.0 Å². The number of hydrogen-bond donors (Lipinski definition) is 0. The van der Waals surface area contributed by atoms with Gasteiger partial charge in [0.15, 0.2) is 0 Å². The smallest absolute Gasteiger partial charge is 0.250 e. The van der Waals surface area contributed by atoms with Gasteiger partial charge >= 0.3 is 0 Å².